The van der Waals surface area contributed by atoms with E-state index in [4.69, 9.17) is 21.7 Å². The van der Waals surface area contributed by atoms with Crippen LogP contribution in [0.2, 0.25) is 0 Å². The summed E-state index contributed by atoms with van der Waals surface area (Å²) in [7, 11) is 3.35. The van der Waals surface area contributed by atoms with Crippen molar-refractivity contribution in [2.75, 3.05) is 27.3 Å². The maximum atomic E-state index is 5.65. The molecule has 25 heavy (non-hydrogen) atoms. The van der Waals surface area contributed by atoms with Gasteiger partial charge in [-0.1, -0.05) is 30.3 Å². The summed E-state index contributed by atoms with van der Waals surface area (Å²) in [4.78, 5) is 2.27. The molecule has 0 unspecified atom stereocenters. The van der Waals surface area contributed by atoms with E-state index in [1.807, 2.05) is 6.07 Å². The highest BCUT2D eigenvalue weighted by Gasteiger charge is 2.31. The topological polar surface area (TPSA) is 33.7 Å². The molecule has 1 atom stereocenters. The van der Waals surface area contributed by atoms with Crippen molar-refractivity contribution in [2.24, 2.45) is 0 Å². The summed E-state index contributed by atoms with van der Waals surface area (Å²) in [6.45, 7) is 3.75. The fourth-order valence-electron chi connectivity index (χ4n) is 3.41. The van der Waals surface area contributed by atoms with Gasteiger partial charge in [0.25, 0.3) is 0 Å². The van der Waals surface area contributed by atoms with Crippen LogP contribution in [0.3, 0.4) is 0 Å². The van der Waals surface area contributed by atoms with Crippen LogP contribution in [0.4, 0.5) is 0 Å². The number of thiocarbonyl (C=S) groups is 1. The zero-order chi connectivity index (χ0) is 17.8. The lowest BCUT2D eigenvalue weighted by atomic mass is 9.88. The van der Waals surface area contributed by atoms with Crippen LogP contribution in [0.25, 0.3) is 0 Å². The van der Waals surface area contributed by atoms with Gasteiger partial charge in [-0.05, 0) is 54.4 Å². The normalized spacial score (nSPS) is 16.1. The molecule has 1 aliphatic heterocycles. The zero-order valence-electron chi connectivity index (χ0n) is 14.9. The third kappa shape index (κ3) is 3.42. The predicted octanol–water partition coefficient (Wildman–Crippen LogP) is 3.55. The highest BCUT2D eigenvalue weighted by atomic mass is 32.1. The number of hydrogen-bond donors (Lipinski definition) is 1. The first-order valence-corrected chi connectivity index (χ1v) is 8.94. The van der Waals surface area contributed by atoms with E-state index in [1.165, 1.54) is 16.7 Å². The van der Waals surface area contributed by atoms with Crippen molar-refractivity contribution in [1.29, 1.82) is 0 Å². The molecule has 1 aliphatic rings. The van der Waals surface area contributed by atoms with Crippen LogP contribution in [-0.4, -0.2) is 37.3 Å². The molecule has 2 aromatic carbocycles. The van der Waals surface area contributed by atoms with E-state index in [-0.39, 0.29) is 6.04 Å². The van der Waals surface area contributed by atoms with E-state index >= 15 is 0 Å². The lowest BCUT2D eigenvalue weighted by Crippen LogP contribution is -2.45. The smallest absolute Gasteiger partial charge is 0.169 e. The first kappa shape index (κ1) is 17.5. The molecule has 0 saturated carbocycles. The summed E-state index contributed by atoms with van der Waals surface area (Å²) in [5.41, 5.74) is 3.72. The van der Waals surface area contributed by atoms with Crippen molar-refractivity contribution in [3.05, 3.63) is 59.2 Å². The molecule has 0 spiro atoms. The molecule has 0 aliphatic carbocycles. The lowest BCUT2D eigenvalue weighted by molar-refractivity contribution is 0.324. The van der Waals surface area contributed by atoms with E-state index in [1.54, 1.807) is 14.2 Å². The Balaban J connectivity index is 2.12. The van der Waals surface area contributed by atoms with Crippen LogP contribution in [0.1, 0.15) is 29.7 Å². The van der Waals surface area contributed by atoms with Gasteiger partial charge in [0, 0.05) is 13.1 Å². The Labute approximate surface area is 154 Å². The van der Waals surface area contributed by atoms with Crippen LogP contribution in [0, 0.1) is 0 Å². The third-order valence-electron chi connectivity index (χ3n) is 4.58. The minimum Gasteiger partial charge on any atom is -0.493 e. The molecule has 0 amide bonds. The molecule has 0 fully saturated rings. The van der Waals surface area contributed by atoms with Crippen molar-refractivity contribution in [1.82, 2.24) is 10.2 Å². The summed E-state index contributed by atoms with van der Waals surface area (Å²) in [5.74, 6) is 1.52. The molecular formula is C20H24N2O2S. The van der Waals surface area contributed by atoms with Crippen molar-refractivity contribution >= 4 is 17.3 Å². The third-order valence-corrected chi connectivity index (χ3v) is 4.96. The van der Waals surface area contributed by atoms with E-state index in [0.717, 1.165) is 36.1 Å². The fourth-order valence-corrected chi connectivity index (χ4v) is 3.75. The van der Waals surface area contributed by atoms with Gasteiger partial charge in [0.15, 0.2) is 16.6 Å². The number of fused-ring (bicyclic) bond motifs is 1. The minimum atomic E-state index is 0.0660. The first-order chi connectivity index (χ1) is 12.2. The van der Waals surface area contributed by atoms with Crippen LogP contribution < -0.4 is 14.8 Å². The Morgan fingerprint density at radius 2 is 1.84 bits per heavy atom. The van der Waals surface area contributed by atoms with E-state index < -0.39 is 0 Å². The van der Waals surface area contributed by atoms with Crippen molar-refractivity contribution < 1.29 is 9.47 Å². The molecule has 0 saturated heterocycles. The van der Waals surface area contributed by atoms with Gasteiger partial charge in [-0.15, -0.1) is 0 Å². The molecule has 3 rings (SSSR count). The largest absolute Gasteiger partial charge is 0.493 e. The van der Waals surface area contributed by atoms with Crippen molar-refractivity contribution in [3.63, 3.8) is 0 Å². The highest BCUT2D eigenvalue weighted by molar-refractivity contribution is 7.80. The molecule has 1 N–H and O–H groups in total. The van der Waals surface area contributed by atoms with Gasteiger partial charge in [0.1, 0.15) is 0 Å². The van der Waals surface area contributed by atoms with Gasteiger partial charge in [-0.3, -0.25) is 0 Å². The van der Waals surface area contributed by atoms with Gasteiger partial charge < -0.3 is 19.7 Å². The lowest BCUT2D eigenvalue weighted by Gasteiger charge is -2.39. The fraction of sp³-hybridized carbons (Fsp3) is 0.350. The first-order valence-electron chi connectivity index (χ1n) is 8.53. The van der Waals surface area contributed by atoms with Gasteiger partial charge in [-0.25, -0.2) is 0 Å². The van der Waals surface area contributed by atoms with Crippen LogP contribution in [-0.2, 0) is 6.42 Å². The maximum Gasteiger partial charge on any atom is 0.169 e. The van der Waals surface area contributed by atoms with E-state index in [0.29, 0.717) is 0 Å². The molecule has 0 bridgehead atoms. The standard InChI is InChI=1S/C20H24N2O2S/c1-4-21-20(25)22-11-10-15-12-17(23-2)18(24-3)13-16(15)19(22)14-8-6-5-7-9-14/h5-9,12-13,19H,4,10-11H2,1-3H3,(H,21,25)/t19-/m1/s1. The molecule has 4 nitrogen and oxygen atoms in total. The number of nitrogens with zero attached hydrogens (tertiary/aromatic N) is 1. The number of rotatable bonds is 4. The van der Waals surface area contributed by atoms with E-state index in [2.05, 4.69) is 53.5 Å². The Kier molecular flexibility index (Phi) is 5.43. The van der Waals surface area contributed by atoms with Gasteiger partial charge in [-0.2, -0.15) is 0 Å². The molecule has 5 heteroatoms. The van der Waals surface area contributed by atoms with Gasteiger partial charge >= 0.3 is 0 Å². The Hall–Kier alpha value is -2.27. The SMILES string of the molecule is CCNC(=S)N1CCc2cc(OC)c(OC)cc2[C@H]1c1ccccc1. The quantitative estimate of drug-likeness (QED) is 0.848. The zero-order valence-corrected chi connectivity index (χ0v) is 15.7. The van der Waals surface area contributed by atoms with Gasteiger partial charge in [0.05, 0.1) is 20.3 Å². The minimum absolute atomic E-state index is 0.0660. The molecule has 132 valence electrons. The van der Waals surface area contributed by atoms with Crippen LogP contribution in [0.15, 0.2) is 42.5 Å². The summed E-state index contributed by atoms with van der Waals surface area (Å²) in [6.07, 6.45) is 0.921. The Morgan fingerprint density at radius 1 is 1.16 bits per heavy atom. The molecule has 0 aromatic heterocycles. The summed E-state index contributed by atoms with van der Waals surface area (Å²) in [6, 6.07) is 14.7. The Morgan fingerprint density at radius 3 is 2.48 bits per heavy atom. The monoisotopic (exact) mass is 356 g/mol. The van der Waals surface area contributed by atoms with Crippen molar-refractivity contribution in [3.8, 4) is 11.5 Å². The number of hydrogen-bond acceptors (Lipinski definition) is 3. The molecule has 0 radical (unpaired) electrons. The summed E-state index contributed by atoms with van der Waals surface area (Å²) >= 11 is 5.65. The average molecular weight is 356 g/mol. The maximum absolute atomic E-state index is 5.65. The number of nitrogens with one attached hydrogen (secondary N) is 1. The molecular weight excluding hydrogens is 332 g/mol. The van der Waals surface area contributed by atoms with Gasteiger partial charge in [0.2, 0.25) is 0 Å². The van der Waals surface area contributed by atoms with Crippen LogP contribution >= 0.6 is 12.2 Å². The second kappa shape index (κ2) is 7.74. The predicted molar refractivity (Wildman–Crippen MR) is 105 cm³/mol. The second-order valence-electron chi connectivity index (χ2n) is 6.00. The van der Waals surface area contributed by atoms with E-state index in [9.17, 15) is 0 Å². The second-order valence-corrected chi connectivity index (χ2v) is 6.38. The van der Waals surface area contributed by atoms with Crippen molar-refractivity contribution in [2.45, 2.75) is 19.4 Å². The summed E-state index contributed by atoms with van der Waals surface area (Å²) < 4.78 is 11.0. The Bertz CT molecular complexity index is 749. The molecule has 1 heterocycles. The average Bonchev–Trinajstić information content (AvgIpc) is 2.66. The van der Waals surface area contributed by atoms with Crippen LogP contribution in [0.5, 0.6) is 11.5 Å². The summed E-state index contributed by atoms with van der Waals surface area (Å²) in [5, 5.41) is 4.09. The number of benzene rings is 2. The number of ether oxygens (including phenoxy) is 2. The molecule has 2 aromatic rings. The number of methoxy groups -OCH3 is 2. The highest BCUT2D eigenvalue weighted by Crippen LogP contribution is 2.40.